The first kappa shape index (κ1) is 9.79. The molecule has 0 fully saturated rings. The van der Waals surface area contributed by atoms with Gasteiger partial charge in [0.15, 0.2) is 0 Å². The summed E-state index contributed by atoms with van der Waals surface area (Å²) < 4.78 is 0. The van der Waals surface area contributed by atoms with Gasteiger partial charge in [0.05, 0.1) is 5.56 Å². The number of aromatic amines is 1. The van der Waals surface area contributed by atoms with Crippen LogP contribution in [0.5, 0.6) is 0 Å². The molecule has 0 aliphatic rings. The van der Waals surface area contributed by atoms with Crippen molar-refractivity contribution in [2.24, 2.45) is 0 Å². The van der Waals surface area contributed by atoms with E-state index >= 15 is 0 Å². The predicted octanol–water partition coefficient (Wildman–Crippen LogP) is 3.38. The van der Waals surface area contributed by atoms with Crippen molar-refractivity contribution in [2.75, 3.05) is 0 Å². The Morgan fingerprint density at radius 1 is 1.40 bits per heavy atom. The Labute approximate surface area is 89.5 Å². The Balaban J connectivity index is 2.36. The quantitative estimate of drug-likeness (QED) is 0.806. The maximum absolute atomic E-state index is 8.87. The Kier molecular flexibility index (Phi) is 2.73. The lowest BCUT2D eigenvalue weighted by atomic mass is 10.1. The molecule has 1 aromatic carbocycles. The molecule has 0 saturated carbocycles. The monoisotopic (exact) mass is 198 g/mol. The first-order valence-electron chi connectivity index (χ1n) is 5.35. The van der Waals surface area contributed by atoms with Crippen molar-refractivity contribution in [1.82, 2.24) is 4.98 Å². The summed E-state index contributed by atoms with van der Waals surface area (Å²) in [6.45, 7) is 2.20. The first-order valence-corrected chi connectivity index (χ1v) is 5.35. The normalized spacial score (nSPS) is 10.4. The molecule has 1 N–H and O–H groups in total. The largest absolute Gasteiger partial charge is 0.360 e. The molecule has 1 aromatic heterocycles. The van der Waals surface area contributed by atoms with Crippen molar-refractivity contribution < 1.29 is 0 Å². The number of hydrogen-bond acceptors (Lipinski definition) is 1. The molecular formula is C13H14N2. The number of nitrogens with one attached hydrogen (secondary N) is 1. The summed E-state index contributed by atoms with van der Waals surface area (Å²) in [5.74, 6) is 0. The maximum Gasteiger partial charge on any atom is 0.101 e. The number of hydrogen-bond donors (Lipinski definition) is 1. The minimum atomic E-state index is 0.729. The van der Waals surface area contributed by atoms with Crippen molar-refractivity contribution in [3.8, 4) is 6.07 Å². The average Bonchev–Trinajstić information content (AvgIpc) is 2.68. The second kappa shape index (κ2) is 4.18. The van der Waals surface area contributed by atoms with Crippen LogP contribution in [0, 0.1) is 11.3 Å². The van der Waals surface area contributed by atoms with Gasteiger partial charge < -0.3 is 4.98 Å². The maximum atomic E-state index is 8.87. The fraction of sp³-hybridized carbons (Fsp3) is 0.308. The van der Waals surface area contributed by atoms with E-state index in [1.807, 2.05) is 6.07 Å². The Hall–Kier alpha value is -1.75. The second-order valence-corrected chi connectivity index (χ2v) is 3.80. The van der Waals surface area contributed by atoms with Crippen LogP contribution in [0.15, 0.2) is 24.4 Å². The molecule has 2 aromatic rings. The second-order valence-electron chi connectivity index (χ2n) is 3.80. The van der Waals surface area contributed by atoms with Crippen LogP contribution < -0.4 is 0 Å². The number of nitriles is 1. The molecule has 15 heavy (non-hydrogen) atoms. The number of fused-ring (bicyclic) bond motifs is 1. The molecule has 0 amide bonds. The van der Waals surface area contributed by atoms with Gasteiger partial charge in [0.2, 0.25) is 0 Å². The third kappa shape index (κ3) is 1.87. The third-order valence-corrected chi connectivity index (χ3v) is 2.69. The molecule has 0 aliphatic carbocycles. The number of aryl methyl sites for hydroxylation is 1. The minimum Gasteiger partial charge on any atom is -0.360 e. The van der Waals surface area contributed by atoms with E-state index < -0.39 is 0 Å². The topological polar surface area (TPSA) is 39.6 Å². The smallest absolute Gasteiger partial charge is 0.101 e. The molecule has 0 unspecified atom stereocenters. The average molecular weight is 198 g/mol. The number of H-pyrrole nitrogens is 1. The summed E-state index contributed by atoms with van der Waals surface area (Å²) in [7, 11) is 0. The van der Waals surface area contributed by atoms with E-state index in [0.717, 1.165) is 22.9 Å². The van der Waals surface area contributed by atoms with Crippen molar-refractivity contribution in [3.05, 3.63) is 35.5 Å². The van der Waals surface area contributed by atoms with Crippen LogP contribution in [-0.2, 0) is 6.42 Å². The molecule has 2 nitrogen and oxygen atoms in total. The van der Waals surface area contributed by atoms with Gasteiger partial charge in [-0.05, 0) is 24.5 Å². The van der Waals surface area contributed by atoms with E-state index in [9.17, 15) is 0 Å². The van der Waals surface area contributed by atoms with Gasteiger partial charge in [-0.1, -0.05) is 25.5 Å². The van der Waals surface area contributed by atoms with Crippen molar-refractivity contribution in [1.29, 1.82) is 5.26 Å². The van der Waals surface area contributed by atoms with Gasteiger partial charge in [-0.2, -0.15) is 5.26 Å². The number of nitrogens with zero attached hydrogens (tertiary/aromatic N) is 1. The number of benzene rings is 1. The van der Waals surface area contributed by atoms with Gasteiger partial charge in [-0.15, -0.1) is 0 Å². The summed E-state index contributed by atoms with van der Waals surface area (Å²) in [5.41, 5.74) is 3.14. The molecule has 0 spiro atoms. The lowest BCUT2D eigenvalue weighted by Crippen LogP contribution is -1.84. The number of unbranched alkanes of at least 4 members (excludes halogenated alkanes) is 1. The van der Waals surface area contributed by atoms with Gasteiger partial charge in [0, 0.05) is 17.1 Å². The fourth-order valence-corrected chi connectivity index (χ4v) is 1.80. The Bertz CT molecular complexity index is 503. The van der Waals surface area contributed by atoms with Gasteiger partial charge in [0.25, 0.3) is 0 Å². The summed E-state index contributed by atoms with van der Waals surface area (Å²) in [4.78, 5) is 3.13. The molecule has 2 heteroatoms. The SMILES string of the molecule is CCCCc1ccc2c(C#N)c[nH]c2c1. The first-order chi connectivity index (χ1) is 7.35. The van der Waals surface area contributed by atoms with Crippen molar-refractivity contribution >= 4 is 10.9 Å². The zero-order valence-electron chi connectivity index (χ0n) is 8.88. The lowest BCUT2D eigenvalue weighted by molar-refractivity contribution is 0.796. The molecule has 0 bridgehead atoms. The van der Waals surface area contributed by atoms with Gasteiger partial charge in [-0.3, -0.25) is 0 Å². The van der Waals surface area contributed by atoms with Crippen molar-refractivity contribution in [3.63, 3.8) is 0 Å². The zero-order chi connectivity index (χ0) is 10.7. The van der Waals surface area contributed by atoms with Crippen molar-refractivity contribution in [2.45, 2.75) is 26.2 Å². The van der Waals surface area contributed by atoms with E-state index in [0.29, 0.717) is 0 Å². The summed E-state index contributed by atoms with van der Waals surface area (Å²) >= 11 is 0. The van der Waals surface area contributed by atoms with E-state index in [4.69, 9.17) is 5.26 Å². The molecule has 1 heterocycles. The van der Waals surface area contributed by atoms with Crippen LogP contribution >= 0.6 is 0 Å². The Morgan fingerprint density at radius 3 is 3.00 bits per heavy atom. The third-order valence-electron chi connectivity index (χ3n) is 2.69. The highest BCUT2D eigenvalue weighted by Crippen LogP contribution is 2.19. The number of rotatable bonds is 3. The highest BCUT2D eigenvalue weighted by molar-refractivity contribution is 5.86. The highest BCUT2D eigenvalue weighted by atomic mass is 14.7. The molecule has 0 atom stereocenters. The number of aromatic nitrogens is 1. The van der Waals surface area contributed by atoms with Gasteiger partial charge in [-0.25, -0.2) is 0 Å². The molecule has 2 rings (SSSR count). The summed E-state index contributed by atoms with van der Waals surface area (Å²) in [5, 5.41) is 9.89. The standard InChI is InChI=1S/C13H14N2/c1-2-3-4-10-5-6-12-11(8-14)9-15-13(12)7-10/h5-7,9,15H,2-4H2,1H3. The van der Waals surface area contributed by atoms with Crippen LogP contribution in [-0.4, -0.2) is 4.98 Å². The molecular weight excluding hydrogens is 184 g/mol. The predicted molar refractivity (Wildman–Crippen MR) is 61.6 cm³/mol. The van der Waals surface area contributed by atoms with E-state index in [1.54, 1.807) is 6.20 Å². The molecule has 76 valence electrons. The van der Waals surface area contributed by atoms with Crippen LogP contribution in [0.2, 0.25) is 0 Å². The van der Waals surface area contributed by atoms with E-state index in [1.165, 1.54) is 18.4 Å². The molecule has 0 radical (unpaired) electrons. The lowest BCUT2D eigenvalue weighted by Gasteiger charge is -1.99. The van der Waals surface area contributed by atoms with Crippen LogP contribution in [0.1, 0.15) is 30.9 Å². The fourth-order valence-electron chi connectivity index (χ4n) is 1.80. The Morgan fingerprint density at radius 2 is 2.27 bits per heavy atom. The highest BCUT2D eigenvalue weighted by Gasteiger charge is 2.02. The van der Waals surface area contributed by atoms with Gasteiger partial charge in [0.1, 0.15) is 6.07 Å². The molecule has 0 aliphatic heterocycles. The van der Waals surface area contributed by atoms with Crippen LogP contribution in [0.4, 0.5) is 0 Å². The summed E-state index contributed by atoms with van der Waals surface area (Å²) in [6, 6.07) is 8.48. The van der Waals surface area contributed by atoms with Crippen LogP contribution in [0.25, 0.3) is 10.9 Å². The van der Waals surface area contributed by atoms with Gasteiger partial charge >= 0.3 is 0 Å². The minimum absolute atomic E-state index is 0.729. The molecule has 0 saturated heterocycles. The zero-order valence-corrected chi connectivity index (χ0v) is 8.88. The van der Waals surface area contributed by atoms with E-state index in [2.05, 4.69) is 30.1 Å². The van der Waals surface area contributed by atoms with E-state index in [-0.39, 0.29) is 0 Å². The summed E-state index contributed by atoms with van der Waals surface area (Å²) in [6.07, 6.45) is 5.32. The van der Waals surface area contributed by atoms with Crippen LogP contribution in [0.3, 0.4) is 0 Å².